The highest BCUT2D eigenvalue weighted by Gasteiger charge is 2.37. The molecule has 0 radical (unpaired) electrons. The zero-order chi connectivity index (χ0) is 17.3. The monoisotopic (exact) mass is 325 g/mol. The lowest BCUT2D eigenvalue weighted by Crippen LogP contribution is -2.29. The molecule has 0 aliphatic carbocycles. The number of rotatable bonds is 4. The topological polar surface area (TPSA) is 83.9 Å². The Labute approximate surface area is 138 Å². The van der Waals surface area contributed by atoms with E-state index >= 15 is 0 Å². The lowest BCUT2D eigenvalue weighted by molar-refractivity contribution is -0.142. The first-order valence-electron chi connectivity index (χ1n) is 7.48. The average Bonchev–Trinajstić information content (AvgIpc) is 2.82. The molecule has 1 heterocycles. The van der Waals surface area contributed by atoms with Crippen molar-refractivity contribution in [2.24, 2.45) is 0 Å². The van der Waals surface area contributed by atoms with E-state index < -0.39 is 17.8 Å². The van der Waals surface area contributed by atoms with Crippen LogP contribution in [0.15, 0.2) is 42.5 Å². The summed E-state index contributed by atoms with van der Waals surface area (Å²) in [7, 11) is 0. The number of anilines is 1. The van der Waals surface area contributed by atoms with Crippen LogP contribution in [0.1, 0.15) is 33.2 Å². The van der Waals surface area contributed by atoms with Gasteiger partial charge in [-0.15, -0.1) is 0 Å². The van der Waals surface area contributed by atoms with Crippen LogP contribution in [0.25, 0.3) is 0 Å². The number of esters is 1. The molecule has 0 atom stereocenters. The van der Waals surface area contributed by atoms with Crippen molar-refractivity contribution in [1.82, 2.24) is 0 Å². The standard InChI is InChI=1S/C18H15NO5/c1-2-24-16(21)10-11-7-8-15(20)14(9-11)19-17(22)12-5-3-4-6-13(12)18(19)23/h3-9,20H,2,10H2,1H3. The van der Waals surface area contributed by atoms with Crippen molar-refractivity contribution in [1.29, 1.82) is 0 Å². The van der Waals surface area contributed by atoms with Crippen LogP contribution >= 0.6 is 0 Å². The summed E-state index contributed by atoms with van der Waals surface area (Å²) in [5.74, 6) is -1.63. The Kier molecular flexibility index (Phi) is 4.04. The van der Waals surface area contributed by atoms with E-state index in [0.717, 1.165) is 4.90 Å². The van der Waals surface area contributed by atoms with Crippen molar-refractivity contribution in [3.05, 3.63) is 59.2 Å². The summed E-state index contributed by atoms with van der Waals surface area (Å²) in [4.78, 5) is 37.5. The molecule has 3 rings (SSSR count). The second-order valence-electron chi connectivity index (χ2n) is 5.30. The van der Waals surface area contributed by atoms with Crippen LogP contribution in [0.5, 0.6) is 5.75 Å². The number of hydrogen-bond acceptors (Lipinski definition) is 5. The number of phenolic OH excluding ortho intramolecular Hbond substituents is 1. The third kappa shape index (κ3) is 2.62. The van der Waals surface area contributed by atoms with E-state index in [1.54, 1.807) is 37.3 Å². The van der Waals surface area contributed by atoms with Gasteiger partial charge in [-0.25, -0.2) is 4.90 Å². The van der Waals surface area contributed by atoms with Crippen LogP contribution < -0.4 is 4.90 Å². The molecule has 1 aliphatic rings. The summed E-state index contributed by atoms with van der Waals surface area (Å²) < 4.78 is 4.89. The molecule has 0 spiro atoms. The molecule has 1 aliphatic heterocycles. The van der Waals surface area contributed by atoms with E-state index in [4.69, 9.17) is 4.74 Å². The molecular weight excluding hydrogens is 310 g/mol. The third-order valence-electron chi connectivity index (χ3n) is 3.73. The van der Waals surface area contributed by atoms with Crippen LogP contribution in [-0.4, -0.2) is 29.5 Å². The highest BCUT2D eigenvalue weighted by Crippen LogP contribution is 2.35. The number of carbonyl (C=O) groups excluding carboxylic acids is 3. The minimum Gasteiger partial charge on any atom is -0.506 e. The zero-order valence-corrected chi connectivity index (χ0v) is 13.0. The van der Waals surface area contributed by atoms with Gasteiger partial charge in [-0.1, -0.05) is 18.2 Å². The van der Waals surface area contributed by atoms with Gasteiger partial charge in [0.1, 0.15) is 5.75 Å². The maximum absolute atomic E-state index is 12.5. The van der Waals surface area contributed by atoms with Crippen LogP contribution in [0.4, 0.5) is 5.69 Å². The predicted octanol–water partition coefficient (Wildman–Crippen LogP) is 2.30. The van der Waals surface area contributed by atoms with Gasteiger partial charge in [0.15, 0.2) is 0 Å². The molecule has 6 nitrogen and oxygen atoms in total. The molecule has 0 aromatic heterocycles. The van der Waals surface area contributed by atoms with E-state index in [-0.39, 0.29) is 35.6 Å². The van der Waals surface area contributed by atoms with Crippen LogP contribution in [0.2, 0.25) is 0 Å². The molecule has 0 fully saturated rings. The number of hydrogen-bond donors (Lipinski definition) is 1. The van der Waals surface area contributed by atoms with Gasteiger partial charge < -0.3 is 9.84 Å². The van der Waals surface area contributed by atoms with Crippen molar-refractivity contribution in [3.8, 4) is 5.75 Å². The number of ether oxygens (including phenoxy) is 1. The maximum atomic E-state index is 12.5. The molecule has 24 heavy (non-hydrogen) atoms. The minimum atomic E-state index is -0.501. The van der Waals surface area contributed by atoms with Gasteiger partial charge in [-0.2, -0.15) is 0 Å². The fraction of sp³-hybridized carbons (Fsp3) is 0.167. The number of amides is 2. The van der Waals surface area contributed by atoms with Crippen LogP contribution in [-0.2, 0) is 16.0 Å². The highest BCUT2D eigenvalue weighted by molar-refractivity contribution is 6.34. The Morgan fingerprint density at radius 1 is 1.08 bits per heavy atom. The van der Waals surface area contributed by atoms with Gasteiger partial charge in [-0.3, -0.25) is 14.4 Å². The number of imide groups is 1. The average molecular weight is 325 g/mol. The van der Waals surface area contributed by atoms with Crippen LogP contribution in [0.3, 0.4) is 0 Å². The van der Waals surface area contributed by atoms with Crippen molar-refractivity contribution < 1.29 is 24.2 Å². The number of phenols is 1. The van der Waals surface area contributed by atoms with Crippen molar-refractivity contribution in [2.45, 2.75) is 13.3 Å². The fourth-order valence-electron chi connectivity index (χ4n) is 2.64. The molecular formula is C18H15NO5. The Morgan fingerprint density at radius 2 is 1.71 bits per heavy atom. The van der Waals surface area contributed by atoms with Gasteiger partial charge in [0.05, 0.1) is 29.8 Å². The van der Waals surface area contributed by atoms with E-state index in [2.05, 4.69) is 0 Å². The zero-order valence-electron chi connectivity index (χ0n) is 13.0. The van der Waals surface area contributed by atoms with E-state index in [1.165, 1.54) is 12.1 Å². The second kappa shape index (κ2) is 6.16. The molecule has 6 heteroatoms. The van der Waals surface area contributed by atoms with Gasteiger partial charge in [0.2, 0.25) is 0 Å². The molecule has 0 bridgehead atoms. The van der Waals surface area contributed by atoms with Crippen molar-refractivity contribution >= 4 is 23.5 Å². The lowest BCUT2D eigenvalue weighted by Gasteiger charge is -2.16. The van der Waals surface area contributed by atoms with Gasteiger partial charge >= 0.3 is 5.97 Å². The summed E-state index contributed by atoms with van der Waals surface area (Å²) in [5.41, 5.74) is 1.18. The maximum Gasteiger partial charge on any atom is 0.310 e. The first kappa shape index (κ1) is 15.7. The molecule has 0 unspecified atom stereocenters. The van der Waals surface area contributed by atoms with Gasteiger partial charge in [-0.05, 0) is 36.8 Å². The summed E-state index contributed by atoms with van der Waals surface area (Å²) in [6.07, 6.45) is -0.00963. The summed E-state index contributed by atoms with van der Waals surface area (Å²) in [6, 6.07) is 10.8. The Morgan fingerprint density at radius 3 is 2.29 bits per heavy atom. The molecule has 0 saturated carbocycles. The smallest absolute Gasteiger partial charge is 0.310 e. The lowest BCUT2D eigenvalue weighted by atomic mass is 10.1. The number of nitrogens with zero attached hydrogens (tertiary/aromatic N) is 1. The molecule has 0 saturated heterocycles. The molecule has 1 N–H and O–H groups in total. The number of benzene rings is 2. The van der Waals surface area contributed by atoms with Crippen molar-refractivity contribution in [3.63, 3.8) is 0 Å². The Balaban J connectivity index is 1.97. The molecule has 2 amide bonds. The first-order chi connectivity index (χ1) is 11.5. The number of fused-ring (bicyclic) bond motifs is 1. The summed E-state index contributed by atoms with van der Waals surface area (Å²) >= 11 is 0. The largest absolute Gasteiger partial charge is 0.506 e. The summed E-state index contributed by atoms with van der Waals surface area (Å²) in [5, 5.41) is 10.1. The third-order valence-corrected chi connectivity index (χ3v) is 3.73. The SMILES string of the molecule is CCOC(=O)Cc1ccc(O)c(N2C(=O)c3ccccc3C2=O)c1. The van der Waals surface area contributed by atoms with Gasteiger partial charge in [0, 0.05) is 0 Å². The van der Waals surface area contributed by atoms with E-state index in [0.29, 0.717) is 5.56 Å². The van der Waals surface area contributed by atoms with E-state index in [1.807, 2.05) is 0 Å². The predicted molar refractivity (Wildman–Crippen MR) is 86.0 cm³/mol. The Bertz CT molecular complexity index is 808. The number of carbonyl (C=O) groups is 3. The quantitative estimate of drug-likeness (QED) is 0.689. The molecule has 2 aromatic carbocycles. The minimum absolute atomic E-state index is 0.00963. The normalized spacial score (nSPS) is 13.1. The molecule has 122 valence electrons. The second-order valence-corrected chi connectivity index (χ2v) is 5.30. The van der Waals surface area contributed by atoms with E-state index in [9.17, 15) is 19.5 Å². The Hall–Kier alpha value is -3.15. The van der Waals surface area contributed by atoms with Gasteiger partial charge in [0.25, 0.3) is 11.8 Å². The molecule has 2 aromatic rings. The fourth-order valence-corrected chi connectivity index (χ4v) is 2.64. The summed E-state index contributed by atoms with van der Waals surface area (Å²) in [6.45, 7) is 1.97. The number of aromatic hydroxyl groups is 1. The highest BCUT2D eigenvalue weighted by atomic mass is 16.5. The first-order valence-corrected chi connectivity index (χ1v) is 7.48. The van der Waals surface area contributed by atoms with Crippen molar-refractivity contribution in [2.75, 3.05) is 11.5 Å². The van der Waals surface area contributed by atoms with Crippen LogP contribution in [0, 0.1) is 0 Å².